The maximum absolute atomic E-state index is 4.26. The van der Waals surface area contributed by atoms with Gasteiger partial charge in [0.1, 0.15) is 0 Å². The van der Waals surface area contributed by atoms with Gasteiger partial charge in [0, 0.05) is 6.54 Å². The van der Waals surface area contributed by atoms with Gasteiger partial charge in [-0.3, -0.25) is 0 Å². The number of rotatable bonds is 3. The highest BCUT2D eigenvalue weighted by Gasteiger charge is 2.03. The molecule has 0 aliphatic carbocycles. The van der Waals surface area contributed by atoms with Gasteiger partial charge in [0.15, 0.2) is 0 Å². The van der Waals surface area contributed by atoms with Crippen LogP contribution >= 0.6 is 23.7 Å². The largest absolute Gasteiger partial charge is 0.316 e. The van der Waals surface area contributed by atoms with Gasteiger partial charge in [-0.1, -0.05) is 24.3 Å². The van der Waals surface area contributed by atoms with E-state index in [2.05, 4.69) is 34.6 Å². The molecule has 0 aliphatic heterocycles. The summed E-state index contributed by atoms with van der Waals surface area (Å²) in [7, 11) is 1.96. The molecule has 4 heteroatoms. The monoisotopic (exact) mass is 254 g/mol. The molecule has 1 aromatic heterocycles. The third-order valence-corrected chi connectivity index (χ3v) is 3.32. The van der Waals surface area contributed by atoms with E-state index in [1.54, 1.807) is 11.3 Å². The van der Waals surface area contributed by atoms with E-state index in [0.717, 1.165) is 12.2 Å². The summed E-state index contributed by atoms with van der Waals surface area (Å²) in [4.78, 5) is 5.53. The maximum Gasteiger partial charge on any atom is 0.0801 e. The van der Waals surface area contributed by atoms with Crippen LogP contribution in [0.25, 0.3) is 10.4 Å². The Balaban J connectivity index is 0.00000128. The minimum absolute atomic E-state index is 0. The molecule has 2 aromatic rings. The van der Waals surface area contributed by atoms with Crippen LogP contribution in [0.15, 0.2) is 29.8 Å². The molecule has 0 fully saturated rings. The Morgan fingerprint density at radius 3 is 2.44 bits per heavy atom. The first-order valence-corrected chi connectivity index (χ1v) is 5.83. The molecule has 1 heterocycles. The van der Waals surface area contributed by atoms with Gasteiger partial charge in [-0.2, -0.15) is 0 Å². The molecule has 2 nitrogen and oxygen atoms in total. The van der Waals surface area contributed by atoms with Crippen LogP contribution in [0.1, 0.15) is 11.3 Å². The molecule has 0 saturated heterocycles. The fourth-order valence-corrected chi connectivity index (χ4v) is 2.37. The van der Waals surface area contributed by atoms with E-state index in [1.807, 2.05) is 19.5 Å². The second-order valence-corrected chi connectivity index (χ2v) is 4.35. The first-order chi connectivity index (χ1) is 7.31. The van der Waals surface area contributed by atoms with Crippen LogP contribution in [-0.4, -0.2) is 12.0 Å². The first-order valence-electron chi connectivity index (χ1n) is 4.95. The van der Waals surface area contributed by atoms with Gasteiger partial charge in [0.05, 0.1) is 16.1 Å². The second-order valence-electron chi connectivity index (χ2n) is 3.49. The van der Waals surface area contributed by atoms with Crippen LogP contribution in [0, 0.1) is 6.92 Å². The summed E-state index contributed by atoms with van der Waals surface area (Å²) in [5, 5.41) is 3.14. The predicted molar refractivity (Wildman–Crippen MR) is 72.3 cm³/mol. The van der Waals surface area contributed by atoms with Crippen molar-refractivity contribution in [3.63, 3.8) is 0 Å². The van der Waals surface area contributed by atoms with Crippen LogP contribution in [0.5, 0.6) is 0 Å². The van der Waals surface area contributed by atoms with E-state index in [1.165, 1.54) is 16.0 Å². The maximum atomic E-state index is 4.26. The fraction of sp³-hybridized carbons (Fsp3) is 0.250. The molecule has 0 saturated carbocycles. The summed E-state index contributed by atoms with van der Waals surface area (Å²) < 4.78 is 0. The molecule has 1 N–H and O–H groups in total. The number of hydrogen-bond acceptors (Lipinski definition) is 3. The Kier molecular flexibility index (Phi) is 4.93. The predicted octanol–water partition coefficient (Wildman–Crippen LogP) is 3.26. The summed E-state index contributed by atoms with van der Waals surface area (Å²) in [6.07, 6.45) is 0. The molecule has 0 radical (unpaired) electrons. The lowest BCUT2D eigenvalue weighted by Crippen LogP contribution is -2.04. The van der Waals surface area contributed by atoms with Gasteiger partial charge in [-0.15, -0.1) is 23.7 Å². The van der Waals surface area contributed by atoms with Gasteiger partial charge >= 0.3 is 0 Å². The van der Waals surface area contributed by atoms with E-state index in [9.17, 15) is 0 Å². The van der Waals surface area contributed by atoms with Crippen molar-refractivity contribution in [2.24, 2.45) is 0 Å². The number of benzene rings is 1. The van der Waals surface area contributed by atoms with Gasteiger partial charge in [0.25, 0.3) is 0 Å². The van der Waals surface area contributed by atoms with Crippen molar-refractivity contribution in [1.29, 1.82) is 0 Å². The summed E-state index contributed by atoms with van der Waals surface area (Å²) in [6, 6.07) is 8.64. The molecule has 0 bridgehead atoms. The average Bonchev–Trinajstić information content (AvgIpc) is 2.66. The number of hydrogen-bond donors (Lipinski definition) is 1. The minimum atomic E-state index is 0. The highest BCUT2D eigenvalue weighted by Crippen LogP contribution is 2.26. The topological polar surface area (TPSA) is 24.9 Å². The summed E-state index contributed by atoms with van der Waals surface area (Å²) in [5.74, 6) is 0. The number of thiazole rings is 1. The van der Waals surface area contributed by atoms with E-state index >= 15 is 0 Å². The molecular weight excluding hydrogens is 240 g/mol. The lowest BCUT2D eigenvalue weighted by molar-refractivity contribution is 0.818. The summed E-state index contributed by atoms with van der Waals surface area (Å²) in [5.41, 5.74) is 5.58. The Morgan fingerprint density at radius 1 is 1.25 bits per heavy atom. The van der Waals surface area contributed by atoms with Crippen molar-refractivity contribution in [2.75, 3.05) is 7.05 Å². The highest BCUT2D eigenvalue weighted by atomic mass is 35.5. The van der Waals surface area contributed by atoms with E-state index in [4.69, 9.17) is 0 Å². The van der Waals surface area contributed by atoms with Crippen molar-refractivity contribution in [3.05, 3.63) is 41.0 Å². The van der Waals surface area contributed by atoms with Crippen LogP contribution in [0.2, 0.25) is 0 Å². The van der Waals surface area contributed by atoms with Crippen LogP contribution in [0.3, 0.4) is 0 Å². The Morgan fingerprint density at radius 2 is 1.94 bits per heavy atom. The van der Waals surface area contributed by atoms with Gasteiger partial charge in [0.2, 0.25) is 0 Å². The SMILES string of the molecule is CNCc1ccc(-c2scnc2C)cc1.Cl. The zero-order chi connectivity index (χ0) is 10.7. The highest BCUT2D eigenvalue weighted by molar-refractivity contribution is 7.13. The summed E-state index contributed by atoms with van der Waals surface area (Å²) in [6.45, 7) is 2.97. The molecule has 86 valence electrons. The standard InChI is InChI=1S/C12H14N2S.ClH/c1-9-12(15-8-14-9)11-5-3-10(4-6-11)7-13-2;/h3-6,8,13H,7H2,1-2H3;1H. The van der Waals surface area contributed by atoms with E-state index < -0.39 is 0 Å². The van der Waals surface area contributed by atoms with Crippen molar-refractivity contribution < 1.29 is 0 Å². The Bertz CT molecular complexity index is 437. The molecule has 2 rings (SSSR count). The van der Waals surface area contributed by atoms with Crippen LogP contribution in [-0.2, 0) is 6.54 Å². The van der Waals surface area contributed by atoms with Crippen molar-refractivity contribution in [1.82, 2.24) is 10.3 Å². The molecule has 0 unspecified atom stereocenters. The molecule has 0 aliphatic rings. The van der Waals surface area contributed by atoms with Crippen molar-refractivity contribution in [2.45, 2.75) is 13.5 Å². The van der Waals surface area contributed by atoms with Crippen molar-refractivity contribution >= 4 is 23.7 Å². The quantitative estimate of drug-likeness (QED) is 0.910. The molecular formula is C12H15ClN2S. The van der Waals surface area contributed by atoms with E-state index in [-0.39, 0.29) is 12.4 Å². The third-order valence-electron chi connectivity index (χ3n) is 2.34. The molecule has 0 spiro atoms. The van der Waals surface area contributed by atoms with Crippen LogP contribution < -0.4 is 5.32 Å². The fourth-order valence-electron chi connectivity index (χ4n) is 1.56. The smallest absolute Gasteiger partial charge is 0.0801 e. The zero-order valence-electron chi connectivity index (χ0n) is 9.36. The molecule has 0 amide bonds. The average molecular weight is 255 g/mol. The summed E-state index contributed by atoms with van der Waals surface area (Å²) >= 11 is 1.70. The Hall–Kier alpha value is -0.900. The third kappa shape index (κ3) is 2.82. The molecule has 16 heavy (non-hydrogen) atoms. The van der Waals surface area contributed by atoms with E-state index in [0.29, 0.717) is 0 Å². The lowest BCUT2D eigenvalue weighted by Gasteiger charge is -2.02. The normalized spacial score (nSPS) is 9.88. The Labute approximate surface area is 106 Å². The second kappa shape index (κ2) is 5.99. The zero-order valence-corrected chi connectivity index (χ0v) is 11.0. The number of nitrogens with one attached hydrogen (secondary N) is 1. The van der Waals surface area contributed by atoms with Gasteiger partial charge in [-0.05, 0) is 25.1 Å². The van der Waals surface area contributed by atoms with Gasteiger partial charge in [-0.25, -0.2) is 4.98 Å². The van der Waals surface area contributed by atoms with Crippen molar-refractivity contribution in [3.8, 4) is 10.4 Å². The minimum Gasteiger partial charge on any atom is -0.316 e. The number of aryl methyl sites for hydroxylation is 1. The molecule has 1 aromatic carbocycles. The first kappa shape index (κ1) is 13.2. The number of nitrogens with zero attached hydrogens (tertiary/aromatic N) is 1. The van der Waals surface area contributed by atoms with Gasteiger partial charge < -0.3 is 5.32 Å². The number of halogens is 1. The lowest BCUT2D eigenvalue weighted by atomic mass is 10.1. The molecule has 0 atom stereocenters. The number of aromatic nitrogens is 1. The van der Waals surface area contributed by atoms with Crippen LogP contribution in [0.4, 0.5) is 0 Å².